The Bertz CT molecular complexity index is 1550. The van der Waals surface area contributed by atoms with Crippen LogP contribution in [-0.4, -0.2) is 55.2 Å². The van der Waals surface area contributed by atoms with Gasteiger partial charge in [-0.2, -0.15) is 0 Å². The Morgan fingerprint density at radius 2 is 1.75 bits per heavy atom. The lowest BCUT2D eigenvalue weighted by Crippen LogP contribution is -2.38. The third-order valence-corrected chi connectivity index (χ3v) is 8.43. The summed E-state index contributed by atoms with van der Waals surface area (Å²) in [6, 6.07) is 25.6. The third kappa shape index (κ3) is 7.69. The lowest BCUT2D eigenvalue weighted by atomic mass is 9.84. The molecule has 1 amide bonds. The molecular formula is C32H35N5O6S. The van der Waals surface area contributed by atoms with Crippen LogP contribution in [0, 0.1) is 0 Å². The van der Waals surface area contributed by atoms with Gasteiger partial charge in [-0.1, -0.05) is 84.6 Å². The van der Waals surface area contributed by atoms with Crippen molar-refractivity contribution in [3.8, 4) is 0 Å². The van der Waals surface area contributed by atoms with Crippen LogP contribution < -0.4 is 5.32 Å². The van der Waals surface area contributed by atoms with Gasteiger partial charge in [0.1, 0.15) is 0 Å². The van der Waals surface area contributed by atoms with Gasteiger partial charge in [0, 0.05) is 37.8 Å². The minimum Gasteiger partial charge on any atom is -0.453 e. The molecule has 0 aliphatic carbocycles. The Morgan fingerprint density at radius 1 is 1.00 bits per heavy atom. The monoisotopic (exact) mass is 617 g/mol. The number of tetrazole rings is 1. The van der Waals surface area contributed by atoms with Crippen LogP contribution in [-0.2, 0) is 44.0 Å². The molecule has 3 aromatic carbocycles. The maximum atomic E-state index is 12.4. The van der Waals surface area contributed by atoms with Crippen molar-refractivity contribution in [2.45, 2.75) is 62.7 Å². The lowest BCUT2D eigenvalue weighted by molar-refractivity contribution is -0.255. The number of hydrogen-bond donors (Lipinski definition) is 2. The highest BCUT2D eigenvalue weighted by molar-refractivity contribution is 7.99. The smallest absolute Gasteiger partial charge is 0.303 e. The molecule has 44 heavy (non-hydrogen) atoms. The molecule has 11 nitrogen and oxygen atoms in total. The second-order valence-corrected chi connectivity index (χ2v) is 11.5. The van der Waals surface area contributed by atoms with Gasteiger partial charge in [0.25, 0.3) is 5.91 Å². The number of nitrogens with zero attached hydrogens (tertiary/aromatic N) is 4. The van der Waals surface area contributed by atoms with E-state index in [1.54, 1.807) is 11.7 Å². The summed E-state index contributed by atoms with van der Waals surface area (Å²) in [5.41, 5.74) is 4.48. The Balaban J connectivity index is 1.44. The van der Waals surface area contributed by atoms with E-state index in [1.807, 2.05) is 66.7 Å². The maximum absolute atomic E-state index is 12.4. The summed E-state index contributed by atoms with van der Waals surface area (Å²) in [6.45, 7) is 2.99. The number of nitrogens with one attached hydrogen (secondary N) is 1. The lowest BCUT2D eigenvalue weighted by Gasteiger charge is -2.43. The van der Waals surface area contributed by atoms with E-state index in [0.717, 1.165) is 27.8 Å². The topological polar surface area (TPSA) is 138 Å². The van der Waals surface area contributed by atoms with E-state index in [4.69, 9.17) is 14.2 Å². The standard InChI is InChI=1S/C32H35N5O6S/c1-20(41-21(2)39)30(40)33-17-23-8-7-11-26(16-23)31-42-27(19-44-32-34-35-36-37(32)3)28(24-9-5-4-6-10-24)29(43-31)25-14-12-22(18-38)13-15-25/h4-16,20,27-29,31,38H,17-19H2,1-3H3,(H,33,40)/t20-,27+,28+,29-,31?/m0/s1. The Kier molecular flexibility index (Phi) is 10.4. The van der Waals surface area contributed by atoms with E-state index in [2.05, 4.69) is 33.0 Å². The molecule has 1 aliphatic heterocycles. The number of amides is 1. The van der Waals surface area contributed by atoms with Gasteiger partial charge in [0.05, 0.1) is 18.8 Å². The van der Waals surface area contributed by atoms with Gasteiger partial charge in [0.15, 0.2) is 12.4 Å². The molecule has 0 bridgehead atoms. The number of carbonyl (C=O) groups is 2. The Labute approximate surface area is 259 Å². The summed E-state index contributed by atoms with van der Waals surface area (Å²) in [5, 5.41) is 25.0. The van der Waals surface area contributed by atoms with Crippen LogP contribution in [0.1, 0.15) is 60.0 Å². The minimum atomic E-state index is -0.893. The number of hydrogen-bond acceptors (Lipinski definition) is 10. The molecule has 12 heteroatoms. The zero-order valence-electron chi connectivity index (χ0n) is 24.7. The number of rotatable bonds is 11. The van der Waals surface area contributed by atoms with Crippen LogP contribution in [0.4, 0.5) is 0 Å². The summed E-state index contributed by atoms with van der Waals surface area (Å²) in [7, 11) is 1.80. The first kappa shape index (κ1) is 31.3. The highest BCUT2D eigenvalue weighted by atomic mass is 32.2. The molecule has 230 valence electrons. The molecule has 0 spiro atoms. The number of aromatic nitrogens is 4. The van der Waals surface area contributed by atoms with E-state index in [0.29, 0.717) is 10.9 Å². The second-order valence-electron chi connectivity index (χ2n) is 10.5. The zero-order chi connectivity index (χ0) is 31.1. The van der Waals surface area contributed by atoms with Crippen molar-refractivity contribution in [3.63, 3.8) is 0 Å². The van der Waals surface area contributed by atoms with Gasteiger partial charge >= 0.3 is 5.97 Å². The summed E-state index contributed by atoms with van der Waals surface area (Å²) in [5.74, 6) is -0.504. The van der Waals surface area contributed by atoms with E-state index < -0.39 is 18.4 Å². The predicted octanol–water partition coefficient (Wildman–Crippen LogP) is 4.00. The summed E-state index contributed by atoms with van der Waals surface area (Å²) in [4.78, 5) is 23.6. The molecule has 0 saturated carbocycles. The van der Waals surface area contributed by atoms with Crippen molar-refractivity contribution in [1.29, 1.82) is 0 Å². The van der Waals surface area contributed by atoms with Crippen LogP contribution in [0.15, 0.2) is 84.0 Å². The largest absolute Gasteiger partial charge is 0.453 e. The first-order valence-corrected chi connectivity index (χ1v) is 15.3. The van der Waals surface area contributed by atoms with Gasteiger partial charge in [-0.15, -0.1) is 5.10 Å². The molecule has 2 N–H and O–H groups in total. The van der Waals surface area contributed by atoms with E-state index in [9.17, 15) is 14.7 Å². The molecule has 0 radical (unpaired) electrons. The molecule has 2 heterocycles. The number of aliphatic hydroxyl groups is 1. The third-order valence-electron chi connectivity index (χ3n) is 7.33. The number of carbonyl (C=O) groups excluding carboxylic acids is 2. The fraction of sp³-hybridized carbons (Fsp3) is 0.344. The number of benzene rings is 3. The molecular weight excluding hydrogens is 582 g/mol. The van der Waals surface area contributed by atoms with E-state index >= 15 is 0 Å². The van der Waals surface area contributed by atoms with Crippen LogP contribution in [0.5, 0.6) is 0 Å². The first-order valence-electron chi connectivity index (χ1n) is 14.3. The average Bonchev–Trinajstić information content (AvgIpc) is 3.46. The molecule has 5 rings (SSSR count). The van der Waals surface area contributed by atoms with Crippen molar-refractivity contribution < 1.29 is 28.9 Å². The maximum Gasteiger partial charge on any atom is 0.303 e. The summed E-state index contributed by atoms with van der Waals surface area (Å²) >= 11 is 1.51. The zero-order valence-corrected chi connectivity index (χ0v) is 25.5. The fourth-order valence-corrected chi connectivity index (χ4v) is 6.05. The van der Waals surface area contributed by atoms with E-state index in [1.165, 1.54) is 25.6 Å². The average molecular weight is 618 g/mol. The predicted molar refractivity (Wildman–Crippen MR) is 162 cm³/mol. The molecule has 4 aromatic rings. The Morgan fingerprint density at radius 3 is 2.43 bits per heavy atom. The molecule has 5 atom stereocenters. The molecule has 1 unspecified atom stereocenters. The number of aliphatic hydroxyl groups excluding tert-OH is 1. The van der Waals surface area contributed by atoms with Crippen molar-refractivity contribution >= 4 is 23.6 Å². The van der Waals surface area contributed by atoms with E-state index in [-0.39, 0.29) is 37.2 Å². The van der Waals surface area contributed by atoms with Gasteiger partial charge in [-0.3, -0.25) is 9.59 Å². The van der Waals surface area contributed by atoms with Crippen molar-refractivity contribution in [2.75, 3.05) is 5.75 Å². The van der Waals surface area contributed by atoms with Crippen LogP contribution in [0.2, 0.25) is 0 Å². The van der Waals surface area contributed by atoms with Crippen LogP contribution >= 0.6 is 11.8 Å². The van der Waals surface area contributed by atoms with Crippen LogP contribution in [0.3, 0.4) is 0 Å². The fourth-order valence-electron chi connectivity index (χ4n) is 5.14. The van der Waals surface area contributed by atoms with Crippen molar-refractivity contribution in [1.82, 2.24) is 25.5 Å². The molecule has 1 saturated heterocycles. The van der Waals surface area contributed by atoms with Gasteiger partial charge in [-0.05, 0) is 45.7 Å². The van der Waals surface area contributed by atoms with Crippen molar-refractivity contribution in [2.24, 2.45) is 7.05 Å². The summed E-state index contributed by atoms with van der Waals surface area (Å²) < 4.78 is 20.1. The number of aryl methyl sites for hydroxylation is 1. The van der Waals surface area contributed by atoms with Gasteiger partial charge in [-0.25, -0.2) is 4.68 Å². The summed E-state index contributed by atoms with van der Waals surface area (Å²) in [6.07, 6.45) is -2.28. The quantitative estimate of drug-likeness (QED) is 0.188. The van der Waals surface area contributed by atoms with Crippen molar-refractivity contribution in [3.05, 3.63) is 107 Å². The highest BCUT2D eigenvalue weighted by Gasteiger charge is 2.42. The number of ether oxygens (including phenoxy) is 3. The Hall–Kier alpha value is -4.10. The van der Waals surface area contributed by atoms with Crippen LogP contribution in [0.25, 0.3) is 0 Å². The SMILES string of the molecule is CC(=O)O[C@@H](C)C(=O)NCc1cccc(C2O[C@H](CSc3nnnn3C)[C@@H](c3ccccc3)[C@H](c3ccc(CO)cc3)O2)c1. The molecule has 1 aromatic heterocycles. The number of thioether (sulfide) groups is 1. The normalized spacial score (nSPS) is 20.5. The highest BCUT2D eigenvalue weighted by Crippen LogP contribution is 2.48. The van der Waals surface area contributed by atoms with Gasteiger partial charge in [0.2, 0.25) is 5.16 Å². The first-order chi connectivity index (χ1) is 21.3. The second kappa shape index (κ2) is 14.6. The van der Waals surface area contributed by atoms with Gasteiger partial charge < -0.3 is 24.6 Å². The molecule has 1 fully saturated rings. The number of esters is 1. The minimum absolute atomic E-state index is 0.0480. The molecule has 1 aliphatic rings.